The summed E-state index contributed by atoms with van der Waals surface area (Å²) in [4.78, 5) is 13.6. The van der Waals surface area contributed by atoms with Gasteiger partial charge in [0, 0.05) is 17.4 Å². The maximum Gasteiger partial charge on any atom is 0.310 e. The first-order chi connectivity index (χ1) is 24.3. The average molecular weight is 695 g/mol. The minimum absolute atomic E-state index is 0.0325. The molecule has 0 spiro atoms. The second-order valence-electron chi connectivity index (χ2n) is 12.7. The number of cyclic esters (lactones) is 1. The second-order valence-corrected chi connectivity index (χ2v) is 12.7. The van der Waals surface area contributed by atoms with Gasteiger partial charge in [-0.05, 0) is 53.1 Å². The van der Waals surface area contributed by atoms with Crippen LogP contribution in [-0.4, -0.2) is 95.3 Å². The molecule has 1 aliphatic carbocycles. The van der Waals surface area contributed by atoms with E-state index in [0.29, 0.717) is 40.1 Å². The molecule has 0 bridgehead atoms. The van der Waals surface area contributed by atoms with Crippen LogP contribution in [0.4, 0.5) is 0 Å². The van der Waals surface area contributed by atoms with Crippen LogP contribution in [0.3, 0.4) is 0 Å². The summed E-state index contributed by atoms with van der Waals surface area (Å²) >= 11 is 0. The number of rotatable bonds is 8. The fourth-order valence-electron chi connectivity index (χ4n) is 7.73. The van der Waals surface area contributed by atoms with Crippen LogP contribution >= 0.6 is 0 Å². The van der Waals surface area contributed by atoms with E-state index < -0.39 is 66.8 Å². The number of hydrogen-bond donors (Lipinski definition) is 2. The van der Waals surface area contributed by atoms with Gasteiger partial charge in [0.25, 0.3) is 0 Å². The summed E-state index contributed by atoms with van der Waals surface area (Å²) in [6.45, 7) is 0.155. The number of ether oxygens (including phenoxy) is 11. The Morgan fingerprint density at radius 1 is 0.740 bits per heavy atom. The Balaban J connectivity index is 1.12. The fourth-order valence-corrected chi connectivity index (χ4v) is 7.73. The molecule has 3 aromatic carbocycles. The lowest BCUT2D eigenvalue weighted by atomic mass is 9.66. The Kier molecular flexibility index (Phi) is 8.61. The number of carbonyl (C=O) groups is 1. The number of hydrogen-bond acceptors (Lipinski definition) is 14. The van der Waals surface area contributed by atoms with Crippen molar-refractivity contribution in [2.45, 2.75) is 49.0 Å². The van der Waals surface area contributed by atoms with Crippen molar-refractivity contribution in [1.29, 1.82) is 0 Å². The highest BCUT2D eigenvalue weighted by Gasteiger charge is 2.56. The third-order valence-corrected chi connectivity index (χ3v) is 10.2. The van der Waals surface area contributed by atoms with Gasteiger partial charge >= 0.3 is 5.97 Å². The number of aliphatic hydroxyl groups excluding tert-OH is 2. The Bertz CT molecular complexity index is 1720. The molecule has 266 valence electrons. The summed E-state index contributed by atoms with van der Waals surface area (Å²) in [6.07, 6.45) is -7.40. The van der Waals surface area contributed by atoms with E-state index in [-0.39, 0.29) is 20.0 Å². The van der Waals surface area contributed by atoms with Crippen LogP contribution in [0.25, 0.3) is 0 Å². The Hall–Kier alpha value is -4.31. The molecule has 14 nitrogen and oxygen atoms in total. The number of methoxy groups -OCH3 is 4. The number of fused-ring (bicyclic) bond motifs is 4. The fraction of sp³-hybridized carbons (Fsp3) is 0.472. The molecule has 0 amide bonds. The zero-order chi connectivity index (χ0) is 34.7. The Morgan fingerprint density at radius 3 is 2.10 bits per heavy atom. The summed E-state index contributed by atoms with van der Waals surface area (Å²) in [5, 5.41) is 22.7. The van der Waals surface area contributed by atoms with Crippen LogP contribution in [0.1, 0.15) is 40.6 Å². The molecule has 14 heteroatoms. The van der Waals surface area contributed by atoms with Gasteiger partial charge in [-0.3, -0.25) is 4.79 Å². The maximum absolute atomic E-state index is 13.6. The van der Waals surface area contributed by atoms with Gasteiger partial charge in [-0.1, -0.05) is 12.1 Å². The summed E-state index contributed by atoms with van der Waals surface area (Å²) in [6, 6.07) is 14.5. The number of esters is 1. The zero-order valence-electron chi connectivity index (χ0n) is 27.8. The molecule has 3 saturated heterocycles. The van der Waals surface area contributed by atoms with E-state index in [2.05, 4.69) is 0 Å². The molecule has 4 aliphatic heterocycles. The van der Waals surface area contributed by atoms with Gasteiger partial charge in [0.1, 0.15) is 30.2 Å². The molecular formula is C36H38O14. The third kappa shape index (κ3) is 5.38. The van der Waals surface area contributed by atoms with E-state index in [0.717, 1.165) is 16.7 Å². The average Bonchev–Trinajstić information content (AvgIpc) is 3.78. The van der Waals surface area contributed by atoms with E-state index >= 15 is 0 Å². The van der Waals surface area contributed by atoms with E-state index in [9.17, 15) is 15.0 Å². The van der Waals surface area contributed by atoms with Crippen molar-refractivity contribution in [2.24, 2.45) is 11.8 Å². The van der Waals surface area contributed by atoms with Crippen molar-refractivity contribution in [2.75, 3.05) is 48.4 Å². The van der Waals surface area contributed by atoms with Crippen LogP contribution in [-0.2, 0) is 28.5 Å². The Morgan fingerprint density at radius 2 is 1.44 bits per heavy atom. The number of carbonyl (C=O) groups excluding carboxylic acids is 1. The molecule has 0 saturated carbocycles. The van der Waals surface area contributed by atoms with Crippen LogP contribution < -0.4 is 28.4 Å². The predicted molar refractivity (Wildman–Crippen MR) is 170 cm³/mol. The van der Waals surface area contributed by atoms with Gasteiger partial charge in [-0.25, -0.2) is 0 Å². The molecule has 3 aromatic rings. The standard InChI is InChI=1S/C36H38O14/c1-40-18-7-5-16(6-8-18)35-45-14-26-33(50-35)29(37)30(38)36(48-26)49-31-20-12-23-22(46-15-47-23)11-19(20)27(28-21(31)13-44-34(28)39)17-9-24(41-2)32(43-4)25(10-17)42-3/h5-12,21,26-31,33,35-38H,13-15H2,1-4H3/t21-,26?,27+,28-,29+,30+,31-,33?,35?,36-/m0/s1. The van der Waals surface area contributed by atoms with Crippen LogP contribution in [0.15, 0.2) is 48.5 Å². The zero-order valence-corrected chi connectivity index (χ0v) is 27.8. The van der Waals surface area contributed by atoms with E-state index in [1.165, 1.54) is 21.3 Å². The number of benzene rings is 3. The molecule has 3 unspecified atom stereocenters. The first-order valence-corrected chi connectivity index (χ1v) is 16.3. The summed E-state index contributed by atoms with van der Waals surface area (Å²) < 4.78 is 64.2. The van der Waals surface area contributed by atoms with Crippen molar-refractivity contribution < 1.29 is 67.1 Å². The molecule has 0 radical (unpaired) electrons. The summed E-state index contributed by atoms with van der Waals surface area (Å²) in [7, 11) is 6.16. The molecule has 3 fully saturated rings. The highest BCUT2D eigenvalue weighted by atomic mass is 16.8. The van der Waals surface area contributed by atoms with E-state index in [1.54, 1.807) is 31.4 Å². The first kappa shape index (κ1) is 32.9. The maximum atomic E-state index is 13.6. The van der Waals surface area contributed by atoms with Gasteiger partial charge in [-0.2, -0.15) is 0 Å². The van der Waals surface area contributed by atoms with Gasteiger partial charge in [0.15, 0.2) is 35.6 Å². The normalized spacial score (nSPS) is 32.3. The highest BCUT2D eigenvalue weighted by molar-refractivity contribution is 5.79. The first-order valence-electron chi connectivity index (χ1n) is 16.3. The van der Waals surface area contributed by atoms with Crippen LogP contribution in [0.2, 0.25) is 0 Å². The van der Waals surface area contributed by atoms with Gasteiger partial charge in [-0.15, -0.1) is 0 Å². The molecule has 10 atom stereocenters. The predicted octanol–water partition coefficient (Wildman–Crippen LogP) is 3.00. The van der Waals surface area contributed by atoms with Gasteiger partial charge < -0.3 is 62.3 Å². The van der Waals surface area contributed by atoms with Crippen LogP contribution in [0, 0.1) is 11.8 Å². The topological polar surface area (TPSA) is 159 Å². The van der Waals surface area contributed by atoms with Crippen LogP contribution in [0.5, 0.6) is 34.5 Å². The second kappa shape index (κ2) is 13.1. The molecule has 2 N–H and O–H groups in total. The molecule has 0 aromatic heterocycles. The molecule has 5 aliphatic rings. The van der Waals surface area contributed by atoms with Crippen molar-refractivity contribution in [3.63, 3.8) is 0 Å². The SMILES string of the molecule is COc1ccc(C2OCC3O[C@@H](O[C@H]4c5cc6c(cc5[C@@H](c5cc(OC)c(OC)c(OC)c5)[C@H]5C(=O)OC[C@@H]54)OCO6)[C@H](O)[C@@H](O)C3O2)cc1. The molecule has 4 heterocycles. The smallest absolute Gasteiger partial charge is 0.310 e. The monoisotopic (exact) mass is 694 g/mol. The van der Waals surface area contributed by atoms with Gasteiger partial charge in [0.2, 0.25) is 12.5 Å². The van der Waals surface area contributed by atoms with Crippen molar-refractivity contribution in [3.05, 3.63) is 70.8 Å². The molecular weight excluding hydrogens is 656 g/mol. The van der Waals surface area contributed by atoms with Crippen molar-refractivity contribution >= 4 is 5.97 Å². The lowest BCUT2D eigenvalue weighted by Crippen LogP contribution is -2.62. The minimum atomic E-state index is -1.49. The van der Waals surface area contributed by atoms with Crippen molar-refractivity contribution in [1.82, 2.24) is 0 Å². The lowest BCUT2D eigenvalue weighted by molar-refractivity contribution is -0.369. The largest absolute Gasteiger partial charge is 0.497 e. The third-order valence-electron chi connectivity index (χ3n) is 10.2. The summed E-state index contributed by atoms with van der Waals surface area (Å²) in [5.41, 5.74) is 2.86. The number of aliphatic hydroxyl groups is 2. The quantitative estimate of drug-likeness (QED) is 0.332. The van der Waals surface area contributed by atoms with E-state index in [1.807, 2.05) is 24.3 Å². The minimum Gasteiger partial charge on any atom is -0.497 e. The van der Waals surface area contributed by atoms with Crippen molar-refractivity contribution in [3.8, 4) is 34.5 Å². The Labute approximate surface area is 287 Å². The summed E-state index contributed by atoms with van der Waals surface area (Å²) in [5.74, 6) is 0.817. The molecule has 8 rings (SSSR count). The highest BCUT2D eigenvalue weighted by Crippen LogP contribution is 2.57. The molecule has 50 heavy (non-hydrogen) atoms. The van der Waals surface area contributed by atoms with E-state index in [4.69, 9.17) is 52.1 Å². The van der Waals surface area contributed by atoms with Gasteiger partial charge in [0.05, 0.1) is 53.7 Å². The lowest BCUT2D eigenvalue weighted by Gasteiger charge is -2.48.